The fourth-order valence-corrected chi connectivity index (χ4v) is 4.72. The number of H-pyrrole nitrogens is 1. The van der Waals surface area contributed by atoms with Crippen molar-refractivity contribution in [2.45, 2.75) is 50.1 Å². The van der Waals surface area contributed by atoms with Crippen molar-refractivity contribution in [3.8, 4) is 0 Å². The number of hydrogen-bond acceptors (Lipinski definition) is 7. The molecule has 10 heteroatoms. The van der Waals surface area contributed by atoms with Crippen LogP contribution in [0.3, 0.4) is 0 Å². The summed E-state index contributed by atoms with van der Waals surface area (Å²) in [6, 6.07) is 5.81. The van der Waals surface area contributed by atoms with Crippen LogP contribution in [0.1, 0.15) is 43.7 Å². The number of rotatable bonds is 5. The van der Waals surface area contributed by atoms with Gasteiger partial charge in [-0.1, -0.05) is 0 Å². The normalized spacial score (nSPS) is 23.8. The Hall–Kier alpha value is -3.14. The molecule has 1 unspecified atom stereocenters. The first-order chi connectivity index (χ1) is 15.2. The number of likely N-dealkylation sites (tertiary alicyclic amines) is 1. The first-order valence-corrected chi connectivity index (χ1v) is 11.1. The number of carbonyl (C=O) groups is 1. The molecule has 0 bridgehead atoms. The summed E-state index contributed by atoms with van der Waals surface area (Å²) < 4.78 is 1.81. The zero-order valence-corrected chi connectivity index (χ0v) is 17.4. The number of anilines is 3. The minimum atomic E-state index is -0.238. The first kappa shape index (κ1) is 18.6. The van der Waals surface area contributed by atoms with Crippen molar-refractivity contribution in [1.82, 2.24) is 29.7 Å². The Labute approximate surface area is 179 Å². The zero-order valence-electron chi connectivity index (χ0n) is 17.4. The minimum absolute atomic E-state index is 0.0801. The van der Waals surface area contributed by atoms with E-state index in [2.05, 4.69) is 21.6 Å². The lowest BCUT2D eigenvalue weighted by atomic mass is 10.2. The molecule has 0 aromatic carbocycles. The number of hydrogen-bond donors (Lipinski definition) is 3. The summed E-state index contributed by atoms with van der Waals surface area (Å²) >= 11 is 0. The second-order valence-corrected chi connectivity index (χ2v) is 8.89. The minimum Gasteiger partial charge on any atom is -0.339 e. The molecule has 31 heavy (non-hydrogen) atoms. The number of nitrogens with two attached hydrogens (primary N) is 1. The van der Waals surface area contributed by atoms with E-state index >= 15 is 0 Å². The van der Waals surface area contributed by atoms with E-state index in [9.17, 15) is 4.79 Å². The van der Waals surface area contributed by atoms with Crippen molar-refractivity contribution >= 4 is 29.0 Å². The summed E-state index contributed by atoms with van der Waals surface area (Å²) in [5, 5.41) is 15.6. The smallest absolute Gasteiger partial charge is 0.246 e. The van der Waals surface area contributed by atoms with Crippen LogP contribution < -0.4 is 16.0 Å². The molecule has 2 atom stereocenters. The molecule has 3 aliphatic rings. The Morgan fingerprint density at radius 3 is 2.94 bits per heavy atom. The van der Waals surface area contributed by atoms with Crippen LogP contribution in [0.4, 0.5) is 17.6 Å². The molecule has 0 radical (unpaired) electrons. The summed E-state index contributed by atoms with van der Waals surface area (Å²) in [6.45, 7) is 2.13. The van der Waals surface area contributed by atoms with Crippen LogP contribution >= 0.6 is 0 Å². The Kier molecular flexibility index (Phi) is 4.34. The number of aromatic amines is 1. The fourth-order valence-electron chi connectivity index (χ4n) is 4.72. The molecule has 1 aliphatic carbocycles. The zero-order chi connectivity index (χ0) is 20.9. The highest BCUT2D eigenvalue weighted by Crippen LogP contribution is 2.39. The third-order valence-electron chi connectivity index (χ3n) is 6.57. The molecule has 5 heterocycles. The second kappa shape index (κ2) is 7.23. The molecular weight excluding hydrogens is 394 g/mol. The van der Waals surface area contributed by atoms with Crippen molar-refractivity contribution in [3.05, 3.63) is 30.1 Å². The molecule has 3 aromatic rings. The van der Waals surface area contributed by atoms with E-state index < -0.39 is 0 Å². The summed E-state index contributed by atoms with van der Waals surface area (Å²) in [5.41, 5.74) is 8.05. The number of carbonyl (C=O) groups excluding carboxylic acids is 1. The maximum atomic E-state index is 13.2. The molecule has 3 fully saturated rings. The molecule has 0 spiro atoms. The fraction of sp³-hybridized carbons (Fsp3) is 0.524. The lowest BCUT2D eigenvalue weighted by molar-refractivity contribution is -0.131. The summed E-state index contributed by atoms with van der Waals surface area (Å²) in [6.07, 6.45) is 6.95. The van der Waals surface area contributed by atoms with Gasteiger partial charge in [-0.3, -0.25) is 9.89 Å². The van der Waals surface area contributed by atoms with E-state index in [0.29, 0.717) is 24.2 Å². The highest BCUT2D eigenvalue weighted by Gasteiger charge is 2.37. The molecule has 10 nitrogen and oxygen atoms in total. The summed E-state index contributed by atoms with van der Waals surface area (Å²) in [5.74, 6) is 2.73. The van der Waals surface area contributed by atoms with Crippen LogP contribution in [0.2, 0.25) is 0 Å². The number of nitrogens with zero attached hydrogens (tertiary/aromatic N) is 6. The topological polar surface area (TPSA) is 120 Å². The van der Waals surface area contributed by atoms with Crippen LogP contribution in [0.25, 0.3) is 5.52 Å². The van der Waals surface area contributed by atoms with E-state index in [-0.39, 0.29) is 18.0 Å². The van der Waals surface area contributed by atoms with Crippen molar-refractivity contribution in [2.75, 3.05) is 29.9 Å². The average Bonchev–Trinajstić information content (AvgIpc) is 3.22. The third-order valence-corrected chi connectivity index (χ3v) is 6.57. The predicted molar refractivity (Wildman–Crippen MR) is 116 cm³/mol. The van der Waals surface area contributed by atoms with Gasteiger partial charge in [0.2, 0.25) is 11.9 Å². The van der Waals surface area contributed by atoms with Gasteiger partial charge in [0.25, 0.3) is 0 Å². The number of nitrogens with one attached hydrogen (secondary N) is 2. The lowest BCUT2D eigenvalue weighted by Gasteiger charge is -2.28. The monoisotopic (exact) mass is 421 g/mol. The van der Waals surface area contributed by atoms with Crippen LogP contribution in [0.5, 0.6) is 0 Å². The highest BCUT2D eigenvalue weighted by molar-refractivity contribution is 5.86. The highest BCUT2D eigenvalue weighted by atomic mass is 16.2. The van der Waals surface area contributed by atoms with Gasteiger partial charge in [0.05, 0.1) is 0 Å². The van der Waals surface area contributed by atoms with Crippen LogP contribution in [-0.4, -0.2) is 67.3 Å². The Morgan fingerprint density at radius 1 is 1.23 bits per heavy atom. The molecule has 1 saturated carbocycles. The molecule has 3 aromatic heterocycles. The molecule has 162 valence electrons. The molecular formula is C21H27N9O. The average molecular weight is 422 g/mol. The quantitative estimate of drug-likeness (QED) is 0.572. The maximum Gasteiger partial charge on any atom is 0.246 e. The van der Waals surface area contributed by atoms with Crippen molar-refractivity contribution in [1.29, 1.82) is 0 Å². The van der Waals surface area contributed by atoms with E-state index in [0.717, 1.165) is 49.4 Å². The Morgan fingerprint density at radius 2 is 2.13 bits per heavy atom. The van der Waals surface area contributed by atoms with Gasteiger partial charge >= 0.3 is 0 Å². The number of aromatic nitrogens is 5. The molecule has 2 saturated heterocycles. The summed E-state index contributed by atoms with van der Waals surface area (Å²) in [7, 11) is 0. The molecule has 6 rings (SSSR count). The largest absolute Gasteiger partial charge is 0.339 e. The molecule has 4 N–H and O–H groups in total. The van der Waals surface area contributed by atoms with Gasteiger partial charge in [0.15, 0.2) is 11.6 Å². The standard InChI is InChI=1S/C21H27N9O/c22-14-7-10-28(12-14)20(31)17-4-1-8-29(17)21-24-19(16-3-2-9-30(16)27-21)23-18-11-15(25-26-18)13-5-6-13/h2-3,9,11,13-14,17H,1,4-8,10,12,22H2,(H2,23,24,25,26,27)/t14-,17?/m1/s1. The van der Waals surface area contributed by atoms with Crippen molar-refractivity contribution in [3.63, 3.8) is 0 Å². The van der Waals surface area contributed by atoms with Crippen molar-refractivity contribution < 1.29 is 4.79 Å². The van der Waals surface area contributed by atoms with Gasteiger partial charge in [0.1, 0.15) is 11.6 Å². The second-order valence-electron chi connectivity index (χ2n) is 8.89. The van der Waals surface area contributed by atoms with Crippen LogP contribution in [-0.2, 0) is 4.79 Å². The maximum absolute atomic E-state index is 13.2. The molecule has 1 amide bonds. The van der Waals surface area contributed by atoms with Gasteiger partial charge in [0, 0.05) is 49.6 Å². The Bertz CT molecular complexity index is 1120. The van der Waals surface area contributed by atoms with Crippen LogP contribution in [0, 0.1) is 0 Å². The summed E-state index contributed by atoms with van der Waals surface area (Å²) in [4.78, 5) is 21.9. The van der Waals surface area contributed by atoms with Crippen LogP contribution in [0.15, 0.2) is 24.4 Å². The van der Waals surface area contributed by atoms with E-state index in [1.807, 2.05) is 32.6 Å². The van der Waals surface area contributed by atoms with Gasteiger partial charge in [-0.25, -0.2) is 4.52 Å². The third kappa shape index (κ3) is 3.40. The van der Waals surface area contributed by atoms with Crippen molar-refractivity contribution in [2.24, 2.45) is 5.73 Å². The van der Waals surface area contributed by atoms with Gasteiger partial charge in [-0.15, -0.1) is 5.10 Å². The predicted octanol–water partition coefficient (Wildman–Crippen LogP) is 1.60. The van der Waals surface area contributed by atoms with E-state index in [1.165, 1.54) is 12.8 Å². The van der Waals surface area contributed by atoms with Gasteiger partial charge in [-0.2, -0.15) is 10.1 Å². The van der Waals surface area contributed by atoms with Gasteiger partial charge < -0.3 is 20.9 Å². The Balaban J connectivity index is 1.30. The van der Waals surface area contributed by atoms with Gasteiger partial charge in [-0.05, 0) is 44.2 Å². The number of amides is 1. The SMILES string of the molecule is N[C@@H]1CCN(C(=O)C2CCCN2c2nc(Nc3cc(C4CC4)[nH]n3)c3cccn3n2)C1. The lowest BCUT2D eigenvalue weighted by Crippen LogP contribution is -2.46. The first-order valence-electron chi connectivity index (χ1n) is 11.1. The van der Waals surface area contributed by atoms with E-state index in [4.69, 9.17) is 15.8 Å². The van der Waals surface area contributed by atoms with E-state index in [1.54, 1.807) is 0 Å². The number of fused-ring (bicyclic) bond motifs is 1. The molecule has 2 aliphatic heterocycles.